The summed E-state index contributed by atoms with van der Waals surface area (Å²) in [7, 11) is 0. The van der Waals surface area contributed by atoms with Crippen LogP contribution >= 0.6 is 11.6 Å². The molecule has 0 bridgehead atoms. The number of ether oxygens (including phenoxy) is 2. The molecule has 3 aromatic rings. The molecule has 6 nitrogen and oxygen atoms in total. The number of aliphatic carboxylic acids is 1. The Bertz CT molecular complexity index is 1350. The van der Waals surface area contributed by atoms with Crippen molar-refractivity contribution in [2.24, 2.45) is 0 Å². The summed E-state index contributed by atoms with van der Waals surface area (Å²) < 4.78 is 48.8. The highest BCUT2D eigenvalue weighted by Crippen LogP contribution is 2.45. The van der Waals surface area contributed by atoms with Crippen molar-refractivity contribution in [1.29, 1.82) is 0 Å². The molecule has 0 radical (unpaired) electrons. The van der Waals surface area contributed by atoms with Crippen molar-refractivity contribution in [3.63, 3.8) is 0 Å². The molecular formula is C29H27ClF3NO5. The number of anilines is 1. The highest BCUT2D eigenvalue weighted by atomic mass is 35.5. The molecule has 0 fully saturated rings. The van der Waals surface area contributed by atoms with Gasteiger partial charge in [0.15, 0.2) is 11.9 Å². The average Bonchev–Trinajstić information content (AvgIpc) is 3.13. The third-order valence-corrected chi connectivity index (χ3v) is 6.87. The molecule has 1 aliphatic heterocycles. The van der Waals surface area contributed by atoms with Crippen LogP contribution in [-0.4, -0.2) is 35.4 Å². The fourth-order valence-corrected chi connectivity index (χ4v) is 4.97. The van der Waals surface area contributed by atoms with Crippen LogP contribution in [0.5, 0.6) is 11.5 Å². The van der Waals surface area contributed by atoms with E-state index in [9.17, 15) is 27.9 Å². The topological polar surface area (TPSA) is 76.1 Å². The minimum Gasteiger partial charge on any atom is -0.479 e. The summed E-state index contributed by atoms with van der Waals surface area (Å²) in [6, 6.07) is 16.9. The molecule has 0 saturated carbocycles. The molecule has 0 amide bonds. The van der Waals surface area contributed by atoms with Gasteiger partial charge in [0.25, 0.3) is 0 Å². The summed E-state index contributed by atoms with van der Waals surface area (Å²) in [6.45, 7) is 3.93. The zero-order valence-electron chi connectivity index (χ0n) is 21.2. The Kier molecular flexibility index (Phi) is 8.39. The number of hydrogen-bond donors (Lipinski definition) is 1. The fourth-order valence-electron chi connectivity index (χ4n) is 4.85. The molecule has 4 rings (SSSR count). The number of nitrogens with zero attached hydrogens (tertiary/aromatic N) is 1. The first-order chi connectivity index (χ1) is 18.5. The van der Waals surface area contributed by atoms with E-state index in [2.05, 4.69) is 4.74 Å². The number of alkyl halides is 3. The predicted molar refractivity (Wildman–Crippen MR) is 141 cm³/mol. The van der Waals surface area contributed by atoms with E-state index in [-0.39, 0.29) is 18.1 Å². The number of rotatable bonds is 10. The number of fused-ring (bicyclic) bond motifs is 1. The van der Waals surface area contributed by atoms with Crippen LogP contribution in [0.3, 0.4) is 0 Å². The Morgan fingerprint density at radius 1 is 1.05 bits per heavy atom. The molecule has 0 aliphatic carbocycles. The lowest BCUT2D eigenvalue weighted by Crippen LogP contribution is -2.34. The third-order valence-electron chi connectivity index (χ3n) is 6.62. The number of carbonyl (C=O) groups excluding carboxylic acids is 1. The highest BCUT2D eigenvalue weighted by Gasteiger charge is 2.41. The minimum absolute atomic E-state index is 0.187. The Morgan fingerprint density at radius 3 is 2.41 bits per heavy atom. The number of benzene rings is 3. The average molecular weight is 562 g/mol. The van der Waals surface area contributed by atoms with E-state index in [1.54, 1.807) is 48.5 Å². The van der Waals surface area contributed by atoms with Crippen molar-refractivity contribution < 1.29 is 37.3 Å². The molecule has 0 spiro atoms. The smallest absolute Gasteiger partial charge is 0.479 e. The van der Waals surface area contributed by atoms with E-state index < -0.39 is 30.4 Å². The maximum absolute atomic E-state index is 13.6. The van der Waals surface area contributed by atoms with Crippen molar-refractivity contribution in [3.05, 3.63) is 88.4 Å². The molecule has 3 atom stereocenters. The molecule has 3 aromatic carbocycles. The molecule has 0 saturated heterocycles. The van der Waals surface area contributed by atoms with Gasteiger partial charge in [0, 0.05) is 34.9 Å². The molecule has 3 unspecified atom stereocenters. The Labute approximate surface area is 228 Å². The number of halogens is 4. The van der Waals surface area contributed by atoms with Gasteiger partial charge >= 0.3 is 12.3 Å². The van der Waals surface area contributed by atoms with E-state index in [1.807, 2.05) is 18.7 Å². The van der Waals surface area contributed by atoms with Gasteiger partial charge in [-0.05, 0) is 66.9 Å². The zero-order chi connectivity index (χ0) is 28.3. The van der Waals surface area contributed by atoms with Crippen molar-refractivity contribution >= 4 is 29.0 Å². The van der Waals surface area contributed by atoms with E-state index in [1.165, 1.54) is 18.2 Å². The van der Waals surface area contributed by atoms with Gasteiger partial charge in [-0.25, -0.2) is 4.79 Å². The van der Waals surface area contributed by atoms with Crippen molar-refractivity contribution in [2.75, 3.05) is 4.90 Å². The van der Waals surface area contributed by atoms with Crippen LogP contribution in [0, 0.1) is 0 Å². The third kappa shape index (κ3) is 6.65. The largest absolute Gasteiger partial charge is 0.573 e. The van der Waals surface area contributed by atoms with Gasteiger partial charge in [-0.3, -0.25) is 4.79 Å². The summed E-state index contributed by atoms with van der Waals surface area (Å²) >= 11 is 5.98. The summed E-state index contributed by atoms with van der Waals surface area (Å²) in [6.07, 6.45) is -4.90. The highest BCUT2D eigenvalue weighted by molar-refractivity contribution is 6.30. The first-order valence-electron chi connectivity index (χ1n) is 12.4. The van der Waals surface area contributed by atoms with Crippen LogP contribution in [0.2, 0.25) is 5.02 Å². The quantitative estimate of drug-likeness (QED) is 0.263. The summed E-state index contributed by atoms with van der Waals surface area (Å²) in [5.41, 5.74) is 2.19. The predicted octanol–water partition coefficient (Wildman–Crippen LogP) is 7.25. The number of carboxylic acids is 1. The maximum atomic E-state index is 13.6. The van der Waals surface area contributed by atoms with Crippen LogP contribution < -0.4 is 14.4 Å². The number of carbonyl (C=O) groups is 2. The van der Waals surface area contributed by atoms with Crippen LogP contribution in [0.1, 0.15) is 54.1 Å². The Morgan fingerprint density at radius 2 is 1.77 bits per heavy atom. The molecule has 1 heterocycles. The van der Waals surface area contributed by atoms with E-state index in [0.717, 1.165) is 5.56 Å². The summed E-state index contributed by atoms with van der Waals surface area (Å²) in [5.74, 6) is -1.93. The van der Waals surface area contributed by atoms with Gasteiger partial charge < -0.3 is 19.5 Å². The SMILES string of the molecule is CCCC(Oc1cccc(CN2c3cc(OC(F)(F)F)ccc3C(C(=O)c3ccc(Cl)cc3)C2C)c1)C(=O)O. The first kappa shape index (κ1) is 28.3. The monoisotopic (exact) mass is 561 g/mol. The molecule has 1 aliphatic rings. The second-order valence-corrected chi connectivity index (χ2v) is 9.80. The second-order valence-electron chi connectivity index (χ2n) is 9.37. The van der Waals surface area contributed by atoms with E-state index in [4.69, 9.17) is 16.3 Å². The lowest BCUT2D eigenvalue weighted by atomic mass is 9.88. The maximum Gasteiger partial charge on any atom is 0.573 e. The number of hydrogen-bond acceptors (Lipinski definition) is 5. The van der Waals surface area contributed by atoms with Crippen molar-refractivity contribution in [2.45, 2.75) is 57.7 Å². The van der Waals surface area contributed by atoms with Crippen LogP contribution in [0.4, 0.5) is 18.9 Å². The van der Waals surface area contributed by atoms with Crippen LogP contribution in [-0.2, 0) is 11.3 Å². The number of ketones is 1. The molecule has 10 heteroatoms. The number of carboxylic acid groups (broad SMARTS) is 1. The lowest BCUT2D eigenvalue weighted by molar-refractivity contribution is -0.274. The first-order valence-corrected chi connectivity index (χ1v) is 12.8. The van der Waals surface area contributed by atoms with Gasteiger partial charge in [-0.15, -0.1) is 13.2 Å². The van der Waals surface area contributed by atoms with Gasteiger partial charge in [0.05, 0.1) is 5.92 Å². The van der Waals surface area contributed by atoms with Crippen LogP contribution in [0.25, 0.3) is 0 Å². The lowest BCUT2D eigenvalue weighted by Gasteiger charge is -2.27. The minimum atomic E-state index is -4.87. The second kappa shape index (κ2) is 11.6. The van der Waals surface area contributed by atoms with Gasteiger partial charge in [-0.1, -0.05) is 43.1 Å². The normalized spacial score (nSPS) is 17.4. The van der Waals surface area contributed by atoms with E-state index in [0.29, 0.717) is 40.4 Å². The van der Waals surface area contributed by atoms with Crippen molar-refractivity contribution in [3.8, 4) is 11.5 Å². The summed E-state index contributed by atoms with van der Waals surface area (Å²) in [5, 5.41) is 9.92. The molecule has 39 heavy (non-hydrogen) atoms. The molecule has 206 valence electrons. The standard InChI is InChI=1S/C29H27ClF3NO5/c1-3-5-25(28(36)37)38-21-7-4-6-18(14-21)16-34-17(2)26(27(35)19-8-10-20(30)11-9-19)23-13-12-22(15-24(23)34)39-29(31,32)33/h4,6-15,17,25-26H,3,5,16H2,1-2H3,(H,36,37). The zero-order valence-corrected chi connectivity index (χ0v) is 22.0. The Balaban J connectivity index is 1.68. The molecular weight excluding hydrogens is 535 g/mol. The fraction of sp³-hybridized carbons (Fsp3) is 0.310. The van der Waals surface area contributed by atoms with E-state index >= 15 is 0 Å². The Hall–Kier alpha value is -3.72. The molecule has 1 N–H and O–H groups in total. The summed E-state index contributed by atoms with van der Waals surface area (Å²) in [4.78, 5) is 27.0. The van der Waals surface area contributed by atoms with Gasteiger partial charge in [0.2, 0.25) is 0 Å². The van der Waals surface area contributed by atoms with Gasteiger partial charge in [0.1, 0.15) is 11.5 Å². The van der Waals surface area contributed by atoms with Crippen molar-refractivity contribution in [1.82, 2.24) is 0 Å². The molecule has 0 aromatic heterocycles. The number of Topliss-reactive ketones (excluding diaryl/α,β-unsaturated/α-hetero) is 1. The van der Waals surface area contributed by atoms with Crippen LogP contribution in [0.15, 0.2) is 66.7 Å². The van der Waals surface area contributed by atoms with Gasteiger partial charge in [-0.2, -0.15) is 0 Å².